The van der Waals surface area contributed by atoms with Gasteiger partial charge < -0.3 is 10.4 Å². The molecule has 0 saturated carbocycles. The highest BCUT2D eigenvalue weighted by atomic mass is 16.4. The van der Waals surface area contributed by atoms with Crippen LogP contribution < -0.4 is 5.32 Å². The topological polar surface area (TPSA) is 49.3 Å². The highest BCUT2D eigenvalue weighted by Crippen LogP contribution is 2.13. The molecule has 0 unspecified atom stereocenters. The molecule has 0 amide bonds. The van der Waals surface area contributed by atoms with Gasteiger partial charge in [-0.25, -0.2) is 0 Å². The minimum Gasteiger partial charge on any atom is -0.481 e. The van der Waals surface area contributed by atoms with Crippen LogP contribution in [0.4, 0.5) is 0 Å². The number of aliphatic carboxylic acids is 1. The van der Waals surface area contributed by atoms with Gasteiger partial charge in [0.1, 0.15) is 0 Å². The molecule has 172 valence electrons. The van der Waals surface area contributed by atoms with Gasteiger partial charge in [-0.2, -0.15) is 0 Å². The average Bonchev–Trinajstić information content (AvgIpc) is 2.75. The number of unbranched alkanes of at least 4 members (excludes halogenated alkanes) is 13. The predicted octanol–water partition coefficient (Wildman–Crippen LogP) is 7.53. The van der Waals surface area contributed by atoms with Crippen molar-refractivity contribution < 1.29 is 9.90 Å². The molecule has 0 aliphatic carbocycles. The van der Waals surface area contributed by atoms with Crippen molar-refractivity contribution in [3.63, 3.8) is 0 Å². The van der Waals surface area contributed by atoms with Crippen LogP contribution in [0, 0.1) is 0 Å². The van der Waals surface area contributed by atoms with Crippen LogP contribution in [0.2, 0.25) is 0 Å². The summed E-state index contributed by atoms with van der Waals surface area (Å²) >= 11 is 0. The Morgan fingerprint density at radius 3 is 1.80 bits per heavy atom. The van der Waals surface area contributed by atoms with Crippen molar-refractivity contribution in [3.8, 4) is 0 Å². The zero-order valence-corrected chi connectivity index (χ0v) is 19.5. The van der Waals surface area contributed by atoms with Gasteiger partial charge in [0.05, 0.1) is 6.42 Å². The SMILES string of the molecule is CCCCCCCCCCCCCCCCN[C@H](CCc1ccccc1)CC(=O)O. The highest BCUT2D eigenvalue weighted by molar-refractivity contribution is 5.67. The summed E-state index contributed by atoms with van der Waals surface area (Å²) in [6.07, 6.45) is 21.2. The Bertz CT molecular complexity index is 503. The second kappa shape index (κ2) is 19.6. The van der Waals surface area contributed by atoms with Crippen LogP contribution in [0.15, 0.2) is 30.3 Å². The third-order valence-electron chi connectivity index (χ3n) is 6.01. The van der Waals surface area contributed by atoms with Gasteiger partial charge in [-0.3, -0.25) is 4.79 Å². The van der Waals surface area contributed by atoms with Crippen LogP contribution >= 0.6 is 0 Å². The lowest BCUT2D eigenvalue weighted by molar-refractivity contribution is -0.137. The molecule has 0 spiro atoms. The summed E-state index contributed by atoms with van der Waals surface area (Å²) in [4.78, 5) is 11.1. The fourth-order valence-electron chi connectivity index (χ4n) is 4.10. The monoisotopic (exact) mass is 417 g/mol. The van der Waals surface area contributed by atoms with Gasteiger partial charge in [0, 0.05) is 6.04 Å². The van der Waals surface area contributed by atoms with Crippen molar-refractivity contribution >= 4 is 5.97 Å². The molecule has 0 heterocycles. The summed E-state index contributed by atoms with van der Waals surface area (Å²) in [5.74, 6) is -0.707. The van der Waals surface area contributed by atoms with E-state index in [9.17, 15) is 4.79 Å². The molecule has 1 aromatic rings. The Hall–Kier alpha value is -1.35. The van der Waals surface area contributed by atoms with E-state index in [4.69, 9.17) is 5.11 Å². The lowest BCUT2D eigenvalue weighted by Crippen LogP contribution is -2.32. The van der Waals surface area contributed by atoms with Crippen LogP contribution in [0.1, 0.15) is 115 Å². The maximum absolute atomic E-state index is 11.1. The molecule has 0 bridgehead atoms. The minimum absolute atomic E-state index is 0.0738. The van der Waals surface area contributed by atoms with Gasteiger partial charge in [-0.15, -0.1) is 0 Å². The summed E-state index contributed by atoms with van der Waals surface area (Å²) in [6, 6.07) is 10.4. The fourth-order valence-corrected chi connectivity index (χ4v) is 4.10. The zero-order valence-electron chi connectivity index (χ0n) is 19.5. The number of benzene rings is 1. The summed E-state index contributed by atoms with van der Waals surface area (Å²) < 4.78 is 0. The Kier molecular flexibility index (Phi) is 17.4. The highest BCUT2D eigenvalue weighted by Gasteiger charge is 2.12. The van der Waals surface area contributed by atoms with E-state index in [0.29, 0.717) is 0 Å². The Balaban J connectivity index is 1.94. The van der Waals surface area contributed by atoms with Gasteiger partial charge >= 0.3 is 5.97 Å². The van der Waals surface area contributed by atoms with Crippen molar-refractivity contribution in [2.24, 2.45) is 0 Å². The molecule has 3 nitrogen and oxygen atoms in total. The Labute approximate surface area is 186 Å². The van der Waals surface area contributed by atoms with E-state index in [-0.39, 0.29) is 12.5 Å². The van der Waals surface area contributed by atoms with E-state index in [0.717, 1.165) is 25.8 Å². The van der Waals surface area contributed by atoms with Crippen LogP contribution in [0.3, 0.4) is 0 Å². The third kappa shape index (κ3) is 16.4. The first-order valence-electron chi connectivity index (χ1n) is 12.7. The van der Waals surface area contributed by atoms with Gasteiger partial charge in [-0.05, 0) is 31.4 Å². The summed E-state index contributed by atoms with van der Waals surface area (Å²) in [5.41, 5.74) is 1.28. The quantitative estimate of drug-likeness (QED) is 0.203. The molecule has 2 N–H and O–H groups in total. The maximum Gasteiger partial charge on any atom is 0.304 e. The predicted molar refractivity (Wildman–Crippen MR) is 129 cm³/mol. The molecule has 0 aliphatic rings. The van der Waals surface area contributed by atoms with Gasteiger partial charge in [0.15, 0.2) is 0 Å². The second-order valence-electron chi connectivity index (χ2n) is 8.87. The van der Waals surface area contributed by atoms with Gasteiger partial charge in [-0.1, -0.05) is 121 Å². The standard InChI is InChI=1S/C27H47NO2/c1-2-3-4-5-6-7-8-9-10-11-12-13-14-18-23-28-26(24-27(29)30)22-21-25-19-16-15-17-20-25/h15-17,19-20,26,28H,2-14,18,21-24H2,1H3,(H,29,30)/t26-/m1/s1. The molecule has 1 rings (SSSR count). The first-order chi connectivity index (χ1) is 14.7. The van der Waals surface area contributed by atoms with Crippen molar-refractivity contribution in [2.75, 3.05) is 6.54 Å². The molecule has 0 radical (unpaired) electrons. The van der Waals surface area contributed by atoms with E-state index < -0.39 is 5.97 Å². The largest absolute Gasteiger partial charge is 0.481 e. The maximum atomic E-state index is 11.1. The van der Waals surface area contributed by atoms with E-state index in [1.807, 2.05) is 18.2 Å². The van der Waals surface area contributed by atoms with Crippen LogP contribution in [0.25, 0.3) is 0 Å². The normalized spacial score (nSPS) is 12.2. The lowest BCUT2D eigenvalue weighted by Gasteiger charge is -2.17. The molecule has 1 atom stereocenters. The number of nitrogens with one attached hydrogen (secondary N) is 1. The van der Waals surface area contributed by atoms with Gasteiger partial charge in [0.25, 0.3) is 0 Å². The molecule has 1 aromatic carbocycles. The van der Waals surface area contributed by atoms with Crippen LogP contribution in [0.5, 0.6) is 0 Å². The number of hydrogen-bond donors (Lipinski definition) is 2. The first-order valence-corrected chi connectivity index (χ1v) is 12.7. The molecular weight excluding hydrogens is 370 g/mol. The molecule has 3 heteroatoms. The number of hydrogen-bond acceptors (Lipinski definition) is 2. The summed E-state index contributed by atoms with van der Waals surface area (Å²) in [7, 11) is 0. The van der Waals surface area contributed by atoms with Crippen molar-refractivity contribution in [1.29, 1.82) is 0 Å². The number of aryl methyl sites for hydroxylation is 1. The van der Waals surface area contributed by atoms with E-state index in [1.54, 1.807) is 0 Å². The molecule has 0 saturated heterocycles. The van der Waals surface area contributed by atoms with E-state index >= 15 is 0 Å². The molecule has 0 aliphatic heterocycles. The zero-order chi connectivity index (χ0) is 21.7. The minimum atomic E-state index is -0.707. The number of carboxylic acid groups (broad SMARTS) is 1. The van der Waals surface area contributed by atoms with Crippen molar-refractivity contribution in [1.82, 2.24) is 5.32 Å². The summed E-state index contributed by atoms with van der Waals surface area (Å²) in [6.45, 7) is 3.21. The fraction of sp³-hybridized carbons (Fsp3) is 0.741. The number of carbonyl (C=O) groups is 1. The van der Waals surface area contributed by atoms with Crippen LogP contribution in [-0.4, -0.2) is 23.7 Å². The Morgan fingerprint density at radius 2 is 1.30 bits per heavy atom. The number of carboxylic acids is 1. The summed E-state index contributed by atoms with van der Waals surface area (Å²) in [5, 5.41) is 12.7. The molecule has 30 heavy (non-hydrogen) atoms. The molecular formula is C27H47NO2. The average molecular weight is 418 g/mol. The van der Waals surface area contributed by atoms with E-state index in [1.165, 1.54) is 89.0 Å². The molecule has 0 fully saturated rings. The number of rotatable bonds is 21. The van der Waals surface area contributed by atoms with Crippen LogP contribution in [-0.2, 0) is 11.2 Å². The van der Waals surface area contributed by atoms with Gasteiger partial charge in [0.2, 0.25) is 0 Å². The van der Waals surface area contributed by atoms with Crippen molar-refractivity contribution in [2.45, 2.75) is 122 Å². The first kappa shape index (κ1) is 26.7. The second-order valence-corrected chi connectivity index (χ2v) is 8.87. The Morgan fingerprint density at radius 1 is 0.800 bits per heavy atom. The smallest absolute Gasteiger partial charge is 0.304 e. The molecule has 0 aromatic heterocycles. The van der Waals surface area contributed by atoms with E-state index in [2.05, 4.69) is 24.4 Å². The lowest BCUT2D eigenvalue weighted by atomic mass is 10.0. The van der Waals surface area contributed by atoms with Crippen molar-refractivity contribution in [3.05, 3.63) is 35.9 Å². The third-order valence-corrected chi connectivity index (χ3v) is 6.01.